The fourth-order valence-corrected chi connectivity index (χ4v) is 3.13. The van der Waals surface area contributed by atoms with Crippen molar-refractivity contribution in [2.45, 2.75) is 37.8 Å². The second-order valence-electron chi connectivity index (χ2n) is 6.50. The molecule has 1 saturated carbocycles. The van der Waals surface area contributed by atoms with Crippen LogP contribution in [0.2, 0.25) is 0 Å². The zero-order chi connectivity index (χ0) is 18.0. The average molecular weight is 353 g/mol. The molecule has 1 aromatic carbocycles. The van der Waals surface area contributed by atoms with Crippen LogP contribution in [0, 0.1) is 0 Å². The lowest BCUT2D eigenvalue weighted by molar-refractivity contribution is 0.0937. The summed E-state index contributed by atoms with van der Waals surface area (Å²) in [5.74, 6) is 0.977. The molecule has 0 radical (unpaired) electrons. The molecule has 0 aliphatic heterocycles. The van der Waals surface area contributed by atoms with Crippen molar-refractivity contribution in [2.24, 2.45) is 5.73 Å². The Balaban J connectivity index is 1.39. The van der Waals surface area contributed by atoms with Gasteiger partial charge in [-0.05, 0) is 12.8 Å². The van der Waals surface area contributed by atoms with Crippen molar-refractivity contribution >= 4 is 5.91 Å². The third-order valence-electron chi connectivity index (χ3n) is 4.61. The summed E-state index contributed by atoms with van der Waals surface area (Å²) in [6.07, 6.45) is 3.82. The van der Waals surface area contributed by atoms with Crippen molar-refractivity contribution in [1.82, 2.24) is 20.6 Å². The molecule has 0 unspecified atom stereocenters. The van der Waals surface area contributed by atoms with Gasteiger partial charge in [-0.1, -0.05) is 53.5 Å². The number of hydrogen-bond donors (Lipinski definition) is 2. The highest BCUT2D eigenvalue weighted by molar-refractivity contribution is 5.92. The maximum Gasteiger partial charge on any atom is 0.273 e. The van der Waals surface area contributed by atoms with Crippen molar-refractivity contribution in [3.63, 3.8) is 0 Å². The molecular formula is C18H19N5O3. The molecule has 0 atom stereocenters. The number of amides is 1. The molecule has 3 aromatic rings. The number of nitrogens with one attached hydrogen (secondary N) is 1. The van der Waals surface area contributed by atoms with Gasteiger partial charge in [-0.15, -0.1) is 0 Å². The first kappa shape index (κ1) is 16.5. The van der Waals surface area contributed by atoms with Gasteiger partial charge >= 0.3 is 0 Å². The van der Waals surface area contributed by atoms with Crippen LogP contribution in [0.4, 0.5) is 0 Å². The summed E-state index contributed by atoms with van der Waals surface area (Å²) in [4.78, 5) is 16.6. The van der Waals surface area contributed by atoms with Gasteiger partial charge < -0.3 is 20.1 Å². The van der Waals surface area contributed by atoms with E-state index in [1.54, 1.807) is 6.07 Å². The van der Waals surface area contributed by atoms with Gasteiger partial charge in [0, 0.05) is 11.6 Å². The maximum absolute atomic E-state index is 12.2. The van der Waals surface area contributed by atoms with E-state index < -0.39 is 5.54 Å². The fraction of sp³-hybridized carbons (Fsp3) is 0.333. The Morgan fingerprint density at radius 1 is 1.15 bits per heavy atom. The number of carbonyl (C=O) groups is 1. The summed E-state index contributed by atoms with van der Waals surface area (Å²) in [6, 6.07) is 11.0. The zero-order valence-electron chi connectivity index (χ0n) is 14.1. The number of nitrogens with two attached hydrogens (primary N) is 1. The molecule has 1 fully saturated rings. The van der Waals surface area contributed by atoms with Crippen LogP contribution in [0.25, 0.3) is 11.3 Å². The Kier molecular flexibility index (Phi) is 4.26. The minimum absolute atomic E-state index is 0.107. The normalized spacial score (nSPS) is 15.9. The maximum atomic E-state index is 12.2. The van der Waals surface area contributed by atoms with Crippen molar-refractivity contribution in [3.8, 4) is 11.3 Å². The predicted octanol–water partition coefficient (Wildman–Crippen LogP) is 2.38. The largest absolute Gasteiger partial charge is 0.355 e. The van der Waals surface area contributed by atoms with Crippen molar-refractivity contribution < 1.29 is 13.8 Å². The summed E-state index contributed by atoms with van der Waals surface area (Å²) in [5.41, 5.74) is 6.83. The summed E-state index contributed by atoms with van der Waals surface area (Å²) in [5, 5.41) is 10.5. The van der Waals surface area contributed by atoms with Gasteiger partial charge in [0.05, 0.1) is 12.1 Å². The van der Waals surface area contributed by atoms with Crippen LogP contribution in [0.3, 0.4) is 0 Å². The molecule has 134 valence electrons. The quantitative estimate of drug-likeness (QED) is 0.722. The monoisotopic (exact) mass is 353 g/mol. The van der Waals surface area contributed by atoms with Crippen molar-refractivity contribution in [2.75, 3.05) is 0 Å². The first-order chi connectivity index (χ1) is 12.6. The van der Waals surface area contributed by atoms with Crippen molar-refractivity contribution in [3.05, 3.63) is 53.8 Å². The van der Waals surface area contributed by atoms with E-state index in [0.29, 0.717) is 17.5 Å². The van der Waals surface area contributed by atoms with Gasteiger partial charge in [-0.2, -0.15) is 4.98 Å². The molecule has 1 amide bonds. The lowest BCUT2D eigenvalue weighted by atomic mass is 9.99. The molecular weight excluding hydrogens is 334 g/mol. The number of nitrogens with zero attached hydrogens (tertiary/aromatic N) is 3. The second-order valence-corrected chi connectivity index (χ2v) is 6.50. The fourth-order valence-electron chi connectivity index (χ4n) is 3.13. The molecule has 4 rings (SSSR count). The van der Waals surface area contributed by atoms with Crippen LogP contribution in [0.15, 0.2) is 45.4 Å². The minimum Gasteiger partial charge on any atom is -0.355 e. The van der Waals surface area contributed by atoms with E-state index in [1.165, 1.54) is 0 Å². The van der Waals surface area contributed by atoms with Gasteiger partial charge in [0.1, 0.15) is 0 Å². The van der Waals surface area contributed by atoms with Crippen LogP contribution in [0.5, 0.6) is 0 Å². The number of benzene rings is 1. The van der Waals surface area contributed by atoms with Gasteiger partial charge in [0.25, 0.3) is 5.91 Å². The lowest BCUT2D eigenvalue weighted by Crippen LogP contribution is -2.34. The molecule has 3 N–H and O–H groups in total. The minimum atomic E-state index is -0.511. The second kappa shape index (κ2) is 6.72. The molecule has 2 aromatic heterocycles. The third-order valence-corrected chi connectivity index (χ3v) is 4.61. The molecule has 26 heavy (non-hydrogen) atoms. The SMILES string of the molecule is NC1(c2noc(CNC(=O)c3cc(-c4ccccc4)on3)n2)CCCC1. The van der Waals surface area contributed by atoms with E-state index >= 15 is 0 Å². The highest BCUT2D eigenvalue weighted by Gasteiger charge is 2.35. The predicted molar refractivity (Wildman–Crippen MR) is 91.7 cm³/mol. The van der Waals surface area contributed by atoms with E-state index in [2.05, 4.69) is 20.6 Å². The molecule has 1 aliphatic carbocycles. The Hall–Kier alpha value is -3.00. The zero-order valence-corrected chi connectivity index (χ0v) is 14.1. The van der Waals surface area contributed by atoms with E-state index in [-0.39, 0.29) is 18.1 Å². The van der Waals surface area contributed by atoms with Crippen LogP contribution >= 0.6 is 0 Å². The molecule has 8 nitrogen and oxygen atoms in total. The summed E-state index contributed by atoms with van der Waals surface area (Å²) in [6.45, 7) is 0.107. The van der Waals surface area contributed by atoms with Gasteiger partial charge in [0.2, 0.25) is 5.89 Å². The molecule has 8 heteroatoms. The standard InChI is InChI=1S/C18H19N5O3/c19-18(8-4-5-9-18)17-21-15(26-23-17)11-20-16(24)13-10-14(25-22-13)12-6-2-1-3-7-12/h1-3,6-7,10H,4-5,8-9,11,19H2,(H,20,24). The molecule has 2 heterocycles. The summed E-state index contributed by atoms with van der Waals surface area (Å²) < 4.78 is 10.4. The van der Waals surface area contributed by atoms with Gasteiger partial charge in [-0.3, -0.25) is 4.79 Å². The highest BCUT2D eigenvalue weighted by atomic mass is 16.5. The average Bonchev–Trinajstić information content (AvgIpc) is 3.41. The first-order valence-electron chi connectivity index (χ1n) is 8.56. The number of aromatic nitrogens is 3. The van der Waals surface area contributed by atoms with E-state index in [9.17, 15) is 4.79 Å². The topological polar surface area (TPSA) is 120 Å². The summed E-state index contributed by atoms with van der Waals surface area (Å²) in [7, 11) is 0. The van der Waals surface area contributed by atoms with E-state index in [1.807, 2.05) is 30.3 Å². The van der Waals surface area contributed by atoms with Crippen LogP contribution < -0.4 is 11.1 Å². The van der Waals surface area contributed by atoms with Gasteiger partial charge in [0.15, 0.2) is 17.3 Å². The Labute approximate surface area is 149 Å². The number of carbonyl (C=O) groups excluding carboxylic acids is 1. The molecule has 0 spiro atoms. The smallest absolute Gasteiger partial charge is 0.273 e. The Bertz CT molecular complexity index is 896. The molecule has 0 bridgehead atoms. The molecule has 0 saturated heterocycles. The summed E-state index contributed by atoms with van der Waals surface area (Å²) >= 11 is 0. The highest BCUT2D eigenvalue weighted by Crippen LogP contribution is 2.34. The number of rotatable bonds is 5. The van der Waals surface area contributed by atoms with E-state index in [0.717, 1.165) is 31.2 Å². The number of hydrogen-bond acceptors (Lipinski definition) is 7. The third kappa shape index (κ3) is 3.23. The lowest BCUT2D eigenvalue weighted by Gasteiger charge is -2.17. The van der Waals surface area contributed by atoms with E-state index in [4.69, 9.17) is 14.8 Å². The Morgan fingerprint density at radius 2 is 1.92 bits per heavy atom. The Morgan fingerprint density at radius 3 is 2.69 bits per heavy atom. The van der Waals surface area contributed by atoms with Crippen LogP contribution in [0.1, 0.15) is 47.9 Å². The van der Waals surface area contributed by atoms with Crippen LogP contribution in [-0.4, -0.2) is 21.2 Å². The van der Waals surface area contributed by atoms with Crippen molar-refractivity contribution in [1.29, 1.82) is 0 Å². The first-order valence-corrected chi connectivity index (χ1v) is 8.56. The molecule has 1 aliphatic rings. The van der Waals surface area contributed by atoms with Crippen LogP contribution in [-0.2, 0) is 12.1 Å². The van der Waals surface area contributed by atoms with Gasteiger partial charge in [-0.25, -0.2) is 0 Å².